The molecule has 0 bridgehead atoms. The normalized spacial score (nSPS) is 15.1. The highest BCUT2D eigenvalue weighted by Crippen LogP contribution is 2.31. The van der Waals surface area contributed by atoms with Gasteiger partial charge in [0.15, 0.2) is 0 Å². The lowest BCUT2D eigenvalue weighted by Crippen LogP contribution is -2.41. The molecule has 1 N–H and O–H groups in total. The summed E-state index contributed by atoms with van der Waals surface area (Å²) in [4.78, 5) is 6.34. The minimum atomic E-state index is 0.186. The van der Waals surface area contributed by atoms with Gasteiger partial charge >= 0.3 is 0 Å². The van der Waals surface area contributed by atoms with Gasteiger partial charge in [-0.25, -0.2) is 0 Å². The number of pyridine rings is 1. The second-order valence-electron chi connectivity index (χ2n) is 4.36. The number of nitriles is 1. The standard InChI is InChI=1S/C13H17N3O/c14-9-11-5-6-15-10-13(11)16(7-2-8-17)12-3-1-4-12/h5-6,10,12,17H,1-4,7-8H2. The molecule has 1 aliphatic rings. The molecule has 0 spiro atoms. The lowest BCUT2D eigenvalue weighted by Gasteiger charge is -2.39. The Morgan fingerprint density at radius 1 is 1.53 bits per heavy atom. The van der Waals surface area contributed by atoms with Crippen molar-refractivity contribution in [1.82, 2.24) is 4.98 Å². The summed E-state index contributed by atoms with van der Waals surface area (Å²) < 4.78 is 0. The molecule has 4 nitrogen and oxygen atoms in total. The molecule has 0 aliphatic heterocycles. The molecule has 0 unspecified atom stereocenters. The Hall–Kier alpha value is -1.60. The third-order valence-electron chi connectivity index (χ3n) is 3.30. The second kappa shape index (κ2) is 5.65. The Balaban J connectivity index is 2.21. The molecule has 0 aromatic carbocycles. The van der Waals surface area contributed by atoms with Gasteiger partial charge in [-0.3, -0.25) is 4.98 Å². The van der Waals surface area contributed by atoms with Crippen LogP contribution in [0.1, 0.15) is 31.2 Å². The quantitative estimate of drug-likeness (QED) is 0.837. The minimum Gasteiger partial charge on any atom is -0.396 e. The summed E-state index contributed by atoms with van der Waals surface area (Å²) in [6.07, 6.45) is 7.73. The molecule has 4 heteroatoms. The third-order valence-corrected chi connectivity index (χ3v) is 3.30. The highest BCUT2D eigenvalue weighted by Gasteiger charge is 2.26. The van der Waals surface area contributed by atoms with Crippen molar-refractivity contribution in [3.8, 4) is 6.07 Å². The van der Waals surface area contributed by atoms with E-state index in [2.05, 4.69) is 16.0 Å². The summed E-state index contributed by atoms with van der Waals surface area (Å²) in [5.74, 6) is 0. The summed E-state index contributed by atoms with van der Waals surface area (Å²) >= 11 is 0. The summed E-state index contributed by atoms with van der Waals surface area (Å²) in [6, 6.07) is 4.47. The van der Waals surface area contributed by atoms with E-state index in [4.69, 9.17) is 10.4 Å². The van der Waals surface area contributed by atoms with E-state index in [1.807, 2.05) is 0 Å². The van der Waals surface area contributed by atoms with Crippen LogP contribution in [0, 0.1) is 11.3 Å². The first-order chi connectivity index (χ1) is 8.36. The van der Waals surface area contributed by atoms with E-state index in [0.717, 1.165) is 18.7 Å². The molecule has 1 aromatic rings. The topological polar surface area (TPSA) is 60.2 Å². The van der Waals surface area contributed by atoms with E-state index in [0.29, 0.717) is 11.6 Å². The van der Waals surface area contributed by atoms with Crippen LogP contribution in [0.25, 0.3) is 0 Å². The average Bonchev–Trinajstić information content (AvgIpc) is 2.32. The molecule has 1 saturated carbocycles. The Bertz CT molecular complexity index is 409. The van der Waals surface area contributed by atoms with E-state index < -0.39 is 0 Å². The predicted octanol–water partition coefficient (Wildman–Crippen LogP) is 1.69. The van der Waals surface area contributed by atoms with Gasteiger partial charge < -0.3 is 10.0 Å². The maximum Gasteiger partial charge on any atom is 0.101 e. The fourth-order valence-electron chi connectivity index (χ4n) is 2.15. The lowest BCUT2D eigenvalue weighted by atomic mass is 9.90. The number of rotatable bonds is 5. The number of aliphatic hydroxyl groups excluding tert-OH is 1. The van der Waals surface area contributed by atoms with Crippen molar-refractivity contribution < 1.29 is 5.11 Å². The molecule has 90 valence electrons. The highest BCUT2D eigenvalue weighted by molar-refractivity contribution is 5.58. The number of aliphatic hydroxyl groups is 1. The molecule has 1 heterocycles. The number of anilines is 1. The zero-order chi connectivity index (χ0) is 12.1. The van der Waals surface area contributed by atoms with E-state index in [-0.39, 0.29) is 6.61 Å². The molecule has 2 rings (SSSR count). The maximum atomic E-state index is 9.11. The van der Waals surface area contributed by atoms with Gasteiger partial charge in [-0.2, -0.15) is 5.26 Å². The second-order valence-corrected chi connectivity index (χ2v) is 4.36. The zero-order valence-electron chi connectivity index (χ0n) is 9.84. The van der Waals surface area contributed by atoms with Crippen molar-refractivity contribution in [2.75, 3.05) is 18.1 Å². The first kappa shape index (κ1) is 11.9. The van der Waals surface area contributed by atoms with Crippen LogP contribution in [-0.4, -0.2) is 29.3 Å². The molecule has 0 saturated heterocycles. The molecule has 1 fully saturated rings. The fraction of sp³-hybridized carbons (Fsp3) is 0.538. The Labute approximate surface area is 102 Å². The number of aromatic nitrogens is 1. The molecule has 17 heavy (non-hydrogen) atoms. The lowest BCUT2D eigenvalue weighted by molar-refractivity contribution is 0.283. The maximum absolute atomic E-state index is 9.11. The van der Waals surface area contributed by atoms with Crippen LogP contribution in [0.15, 0.2) is 18.5 Å². The number of nitrogens with zero attached hydrogens (tertiary/aromatic N) is 3. The van der Waals surface area contributed by atoms with Gasteiger partial charge in [0, 0.05) is 25.4 Å². The molecule has 0 amide bonds. The van der Waals surface area contributed by atoms with Crippen LogP contribution in [-0.2, 0) is 0 Å². The zero-order valence-corrected chi connectivity index (χ0v) is 9.84. The van der Waals surface area contributed by atoms with Crippen molar-refractivity contribution in [3.05, 3.63) is 24.0 Å². The van der Waals surface area contributed by atoms with Crippen molar-refractivity contribution in [2.45, 2.75) is 31.7 Å². The average molecular weight is 231 g/mol. The van der Waals surface area contributed by atoms with E-state index in [1.54, 1.807) is 18.5 Å². The van der Waals surface area contributed by atoms with Crippen LogP contribution in [0.5, 0.6) is 0 Å². The van der Waals surface area contributed by atoms with Crippen LogP contribution < -0.4 is 4.90 Å². The fourth-order valence-corrected chi connectivity index (χ4v) is 2.15. The predicted molar refractivity (Wildman–Crippen MR) is 65.6 cm³/mol. The van der Waals surface area contributed by atoms with Crippen LogP contribution in [0.2, 0.25) is 0 Å². The Morgan fingerprint density at radius 3 is 2.94 bits per heavy atom. The van der Waals surface area contributed by atoms with Gasteiger partial charge in [-0.05, 0) is 31.7 Å². The summed E-state index contributed by atoms with van der Waals surface area (Å²) in [5, 5.41) is 18.1. The van der Waals surface area contributed by atoms with Gasteiger partial charge in [0.05, 0.1) is 17.4 Å². The minimum absolute atomic E-state index is 0.186. The van der Waals surface area contributed by atoms with Gasteiger partial charge in [0.2, 0.25) is 0 Å². The summed E-state index contributed by atoms with van der Waals surface area (Å²) in [5.41, 5.74) is 1.58. The van der Waals surface area contributed by atoms with Crippen LogP contribution in [0.3, 0.4) is 0 Å². The molecular formula is C13H17N3O. The molecule has 1 aromatic heterocycles. The van der Waals surface area contributed by atoms with Crippen molar-refractivity contribution >= 4 is 5.69 Å². The molecular weight excluding hydrogens is 214 g/mol. The Kier molecular flexibility index (Phi) is 3.94. The van der Waals surface area contributed by atoms with Crippen molar-refractivity contribution in [3.63, 3.8) is 0 Å². The molecule has 0 radical (unpaired) electrons. The van der Waals surface area contributed by atoms with E-state index in [1.165, 1.54) is 19.3 Å². The van der Waals surface area contributed by atoms with Gasteiger partial charge in [-0.15, -0.1) is 0 Å². The van der Waals surface area contributed by atoms with Gasteiger partial charge in [-0.1, -0.05) is 0 Å². The first-order valence-corrected chi connectivity index (χ1v) is 6.08. The summed E-state index contributed by atoms with van der Waals surface area (Å²) in [6.45, 7) is 0.979. The largest absolute Gasteiger partial charge is 0.396 e. The number of hydrogen-bond acceptors (Lipinski definition) is 4. The highest BCUT2D eigenvalue weighted by atomic mass is 16.3. The molecule has 1 aliphatic carbocycles. The SMILES string of the molecule is N#Cc1ccncc1N(CCCO)C1CCC1. The van der Waals surface area contributed by atoms with Crippen molar-refractivity contribution in [1.29, 1.82) is 5.26 Å². The summed E-state index contributed by atoms with van der Waals surface area (Å²) in [7, 11) is 0. The van der Waals surface area contributed by atoms with Crippen LogP contribution in [0.4, 0.5) is 5.69 Å². The van der Waals surface area contributed by atoms with E-state index in [9.17, 15) is 0 Å². The van der Waals surface area contributed by atoms with Crippen molar-refractivity contribution in [2.24, 2.45) is 0 Å². The Morgan fingerprint density at radius 2 is 2.35 bits per heavy atom. The van der Waals surface area contributed by atoms with E-state index >= 15 is 0 Å². The first-order valence-electron chi connectivity index (χ1n) is 6.08. The van der Waals surface area contributed by atoms with Gasteiger partial charge in [0.25, 0.3) is 0 Å². The molecule has 0 atom stereocenters. The third kappa shape index (κ3) is 2.56. The monoisotopic (exact) mass is 231 g/mol. The smallest absolute Gasteiger partial charge is 0.101 e. The van der Waals surface area contributed by atoms with Gasteiger partial charge in [0.1, 0.15) is 6.07 Å². The number of hydrogen-bond donors (Lipinski definition) is 1. The van der Waals surface area contributed by atoms with Crippen LogP contribution >= 0.6 is 0 Å².